The van der Waals surface area contributed by atoms with Crippen LogP contribution in [0.2, 0.25) is 0 Å². The lowest BCUT2D eigenvalue weighted by atomic mass is 9.73. The number of ether oxygens (including phenoxy) is 1. The predicted molar refractivity (Wildman–Crippen MR) is 117 cm³/mol. The van der Waals surface area contributed by atoms with Crippen LogP contribution in [0.25, 0.3) is 0 Å². The number of morpholine rings is 1. The first-order valence-electron chi connectivity index (χ1n) is 11.1. The Balaban J connectivity index is 1.64. The number of hydrogen-bond donors (Lipinski definition) is 2. The fourth-order valence-electron chi connectivity index (χ4n) is 4.45. The lowest BCUT2D eigenvalue weighted by Gasteiger charge is -2.42. The molecule has 1 heterocycles. The monoisotopic (exact) mass is 415 g/mol. The first-order chi connectivity index (χ1) is 14.6. The van der Waals surface area contributed by atoms with Gasteiger partial charge in [0.25, 0.3) is 0 Å². The summed E-state index contributed by atoms with van der Waals surface area (Å²) in [6.07, 6.45) is 6.31. The standard InChI is InChI=1S/C23H34FN5O/c1-2-26-22(27-16-20-7-6-19(15-25)14-21(20)24)28-17-23(8-4-3-5-9-23)18-29-10-12-30-13-11-29/h6-7,14H,2-5,8-13,16-18H2,1H3,(H2,26,27,28). The van der Waals surface area contributed by atoms with Gasteiger partial charge in [-0.15, -0.1) is 0 Å². The summed E-state index contributed by atoms with van der Waals surface area (Å²) in [5.74, 6) is 0.331. The SMILES string of the molecule is CCNC(=NCc1ccc(C#N)cc1F)NCC1(CN2CCOCC2)CCCCC1. The third kappa shape index (κ3) is 6.41. The molecule has 0 bridgehead atoms. The largest absolute Gasteiger partial charge is 0.379 e. The molecule has 1 aliphatic heterocycles. The third-order valence-electron chi connectivity index (χ3n) is 6.14. The van der Waals surface area contributed by atoms with Gasteiger partial charge in [-0.1, -0.05) is 25.3 Å². The third-order valence-corrected chi connectivity index (χ3v) is 6.14. The highest BCUT2D eigenvalue weighted by Gasteiger charge is 2.34. The van der Waals surface area contributed by atoms with Gasteiger partial charge < -0.3 is 15.4 Å². The van der Waals surface area contributed by atoms with Crippen molar-refractivity contribution in [3.8, 4) is 6.07 Å². The topological polar surface area (TPSA) is 72.7 Å². The highest BCUT2D eigenvalue weighted by molar-refractivity contribution is 5.79. The summed E-state index contributed by atoms with van der Waals surface area (Å²) in [5, 5.41) is 15.7. The van der Waals surface area contributed by atoms with Gasteiger partial charge in [0.2, 0.25) is 0 Å². The normalized spacial score (nSPS) is 19.8. The zero-order valence-electron chi connectivity index (χ0n) is 18.1. The van der Waals surface area contributed by atoms with Crippen LogP contribution in [0.4, 0.5) is 4.39 Å². The lowest BCUT2D eigenvalue weighted by molar-refractivity contribution is 0.00820. The molecule has 0 unspecified atom stereocenters. The molecule has 7 heteroatoms. The molecule has 1 aromatic carbocycles. The van der Waals surface area contributed by atoms with Crippen LogP contribution in [0, 0.1) is 22.6 Å². The number of aliphatic imine (C=N–C) groups is 1. The Kier molecular flexibility index (Phi) is 8.47. The second-order valence-electron chi connectivity index (χ2n) is 8.42. The molecule has 1 aromatic rings. The maximum atomic E-state index is 14.2. The molecule has 1 saturated carbocycles. The Morgan fingerprint density at radius 2 is 2.00 bits per heavy atom. The Hall–Kier alpha value is -2.17. The second kappa shape index (κ2) is 11.3. The quantitative estimate of drug-likeness (QED) is 0.529. The molecule has 2 N–H and O–H groups in total. The van der Waals surface area contributed by atoms with Crippen molar-refractivity contribution in [2.75, 3.05) is 45.9 Å². The number of benzene rings is 1. The molecule has 6 nitrogen and oxygen atoms in total. The fourth-order valence-corrected chi connectivity index (χ4v) is 4.45. The maximum Gasteiger partial charge on any atom is 0.191 e. The molecule has 2 aliphatic rings. The number of nitrogens with one attached hydrogen (secondary N) is 2. The highest BCUT2D eigenvalue weighted by Crippen LogP contribution is 2.36. The van der Waals surface area contributed by atoms with Gasteiger partial charge in [-0.3, -0.25) is 4.90 Å². The van der Waals surface area contributed by atoms with E-state index in [0.29, 0.717) is 17.1 Å². The summed E-state index contributed by atoms with van der Waals surface area (Å²) >= 11 is 0. The van der Waals surface area contributed by atoms with E-state index in [4.69, 9.17) is 10.00 Å². The first kappa shape index (κ1) is 22.5. The van der Waals surface area contributed by atoms with Crippen molar-refractivity contribution in [3.05, 3.63) is 35.1 Å². The maximum absolute atomic E-state index is 14.2. The molecule has 0 radical (unpaired) electrons. The van der Waals surface area contributed by atoms with E-state index in [1.165, 1.54) is 38.2 Å². The van der Waals surface area contributed by atoms with Gasteiger partial charge in [-0.25, -0.2) is 9.38 Å². The van der Waals surface area contributed by atoms with Gasteiger partial charge in [0.15, 0.2) is 5.96 Å². The van der Waals surface area contributed by atoms with Crippen molar-refractivity contribution < 1.29 is 9.13 Å². The number of rotatable bonds is 7. The van der Waals surface area contributed by atoms with Gasteiger partial charge in [0, 0.05) is 43.7 Å². The first-order valence-corrected chi connectivity index (χ1v) is 11.1. The predicted octanol–water partition coefficient (Wildman–Crippen LogP) is 3.04. The number of hydrogen-bond acceptors (Lipinski definition) is 4. The van der Waals surface area contributed by atoms with Crippen LogP contribution in [0.1, 0.15) is 50.2 Å². The Morgan fingerprint density at radius 1 is 1.23 bits per heavy atom. The van der Waals surface area contributed by atoms with Crippen LogP contribution in [0.5, 0.6) is 0 Å². The van der Waals surface area contributed by atoms with Gasteiger partial charge >= 0.3 is 0 Å². The molecule has 3 rings (SSSR count). The molecular weight excluding hydrogens is 381 g/mol. The van der Waals surface area contributed by atoms with Gasteiger partial charge in [-0.05, 0) is 31.9 Å². The number of halogens is 1. The minimum atomic E-state index is -0.385. The minimum Gasteiger partial charge on any atom is -0.379 e. The Bertz CT molecular complexity index is 748. The van der Waals surface area contributed by atoms with Crippen LogP contribution in [0.15, 0.2) is 23.2 Å². The fraction of sp³-hybridized carbons (Fsp3) is 0.652. The average molecular weight is 416 g/mol. The Labute approximate surface area is 179 Å². The van der Waals surface area contributed by atoms with E-state index < -0.39 is 0 Å². The molecular formula is C23H34FN5O. The van der Waals surface area contributed by atoms with Crippen LogP contribution in [-0.2, 0) is 11.3 Å². The van der Waals surface area contributed by atoms with E-state index in [9.17, 15) is 4.39 Å². The van der Waals surface area contributed by atoms with Crippen molar-refractivity contribution in [2.45, 2.75) is 45.6 Å². The van der Waals surface area contributed by atoms with E-state index in [-0.39, 0.29) is 17.8 Å². The summed E-state index contributed by atoms with van der Waals surface area (Å²) in [6.45, 7) is 8.64. The van der Waals surface area contributed by atoms with Crippen LogP contribution in [-0.4, -0.2) is 56.8 Å². The van der Waals surface area contributed by atoms with Crippen molar-refractivity contribution in [1.82, 2.24) is 15.5 Å². The van der Waals surface area contributed by atoms with E-state index in [1.54, 1.807) is 12.1 Å². The molecule has 164 valence electrons. The van der Waals surface area contributed by atoms with Gasteiger partial charge in [0.05, 0.1) is 31.4 Å². The molecule has 30 heavy (non-hydrogen) atoms. The van der Waals surface area contributed by atoms with Crippen molar-refractivity contribution in [2.24, 2.45) is 10.4 Å². The van der Waals surface area contributed by atoms with E-state index in [2.05, 4.69) is 20.5 Å². The lowest BCUT2D eigenvalue weighted by Crippen LogP contribution is -2.51. The molecule has 0 spiro atoms. The van der Waals surface area contributed by atoms with E-state index >= 15 is 0 Å². The van der Waals surface area contributed by atoms with Gasteiger partial charge in [-0.2, -0.15) is 5.26 Å². The molecule has 0 aromatic heterocycles. The molecule has 1 aliphatic carbocycles. The summed E-state index contributed by atoms with van der Waals surface area (Å²) < 4.78 is 19.7. The number of nitriles is 1. The Morgan fingerprint density at radius 3 is 2.67 bits per heavy atom. The smallest absolute Gasteiger partial charge is 0.191 e. The van der Waals surface area contributed by atoms with Crippen molar-refractivity contribution >= 4 is 5.96 Å². The zero-order chi connectivity index (χ0) is 21.2. The summed E-state index contributed by atoms with van der Waals surface area (Å²) in [7, 11) is 0. The second-order valence-corrected chi connectivity index (χ2v) is 8.42. The van der Waals surface area contributed by atoms with Crippen molar-refractivity contribution in [3.63, 3.8) is 0 Å². The van der Waals surface area contributed by atoms with Crippen LogP contribution in [0.3, 0.4) is 0 Å². The number of nitrogens with zero attached hydrogens (tertiary/aromatic N) is 3. The minimum absolute atomic E-state index is 0.239. The zero-order valence-corrected chi connectivity index (χ0v) is 18.1. The molecule has 0 amide bonds. The number of guanidine groups is 1. The average Bonchev–Trinajstić information content (AvgIpc) is 2.77. The molecule has 0 atom stereocenters. The summed E-state index contributed by atoms with van der Waals surface area (Å²) in [6, 6.07) is 6.50. The van der Waals surface area contributed by atoms with Crippen molar-refractivity contribution in [1.29, 1.82) is 5.26 Å². The molecule has 2 fully saturated rings. The highest BCUT2D eigenvalue weighted by atomic mass is 19.1. The van der Waals surface area contributed by atoms with Gasteiger partial charge in [0.1, 0.15) is 5.82 Å². The summed E-state index contributed by atoms with van der Waals surface area (Å²) in [5.41, 5.74) is 1.06. The van der Waals surface area contributed by atoms with E-state index in [1.807, 2.05) is 13.0 Å². The van der Waals surface area contributed by atoms with Crippen LogP contribution >= 0.6 is 0 Å². The summed E-state index contributed by atoms with van der Waals surface area (Å²) in [4.78, 5) is 7.13. The van der Waals surface area contributed by atoms with Crippen LogP contribution < -0.4 is 10.6 Å². The van der Waals surface area contributed by atoms with E-state index in [0.717, 1.165) is 45.9 Å². The molecule has 1 saturated heterocycles.